The van der Waals surface area contributed by atoms with Gasteiger partial charge in [0.25, 0.3) is 0 Å². The Hall–Kier alpha value is -0.780. The molecular formula is C13H24F3NO2. The largest absolute Gasteiger partial charge is 0.462 e. The monoisotopic (exact) mass is 283 g/mol. The van der Waals surface area contributed by atoms with Crippen molar-refractivity contribution in [3.8, 4) is 0 Å². The van der Waals surface area contributed by atoms with E-state index >= 15 is 0 Å². The molecule has 0 aromatic carbocycles. The van der Waals surface area contributed by atoms with Crippen molar-refractivity contribution in [2.45, 2.75) is 71.2 Å². The van der Waals surface area contributed by atoms with Crippen molar-refractivity contribution in [3.05, 3.63) is 0 Å². The lowest BCUT2D eigenvalue weighted by Crippen LogP contribution is -2.47. The van der Waals surface area contributed by atoms with Gasteiger partial charge in [-0.25, -0.2) is 0 Å². The van der Waals surface area contributed by atoms with Crippen LogP contribution in [0.25, 0.3) is 0 Å². The molecule has 0 bridgehead atoms. The molecule has 0 aliphatic carbocycles. The number of ether oxygens (including phenoxy) is 1. The van der Waals surface area contributed by atoms with E-state index in [4.69, 9.17) is 10.5 Å². The van der Waals surface area contributed by atoms with Crippen LogP contribution < -0.4 is 5.73 Å². The summed E-state index contributed by atoms with van der Waals surface area (Å²) in [6.45, 7) is 5.39. The molecule has 0 spiro atoms. The van der Waals surface area contributed by atoms with Gasteiger partial charge >= 0.3 is 12.1 Å². The van der Waals surface area contributed by atoms with E-state index in [9.17, 15) is 18.0 Å². The summed E-state index contributed by atoms with van der Waals surface area (Å²) >= 11 is 0. The van der Waals surface area contributed by atoms with E-state index in [2.05, 4.69) is 0 Å². The maximum Gasteiger partial charge on any atom is 0.404 e. The second-order valence-electron chi connectivity index (χ2n) is 4.83. The van der Waals surface area contributed by atoms with Crippen LogP contribution in [0.15, 0.2) is 0 Å². The lowest BCUT2D eigenvalue weighted by Gasteiger charge is -2.25. The topological polar surface area (TPSA) is 52.3 Å². The quantitative estimate of drug-likeness (QED) is 0.548. The van der Waals surface area contributed by atoms with Gasteiger partial charge in [0.05, 0.1) is 12.0 Å². The van der Waals surface area contributed by atoms with Crippen LogP contribution in [0, 0.1) is 5.92 Å². The first-order valence-corrected chi connectivity index (χ1v) is 6.76. The van der Waals surface area contributed by atoms with Crippen LogP contribution >= 0.6 is 0 Å². The Balaban J connectivity index is 4.70. The molecule has 19 heavy (non-hydrogen) atoms. The normalized spacial score (nSPS) is 16.8. The summed E-state index contributed by atoms with van der Waals surface area (Å²) < 4.78 is 43.0. The van der Waals surface area contributed by atoms with Gasteiger partial charge in [-0.15, -0.1) is 0 Å². The maximum absolute atomic E-state index is 12.7. The fourth-order valence-electron chi connectivity index (χ4n) is 1.66. The number of hydrogen-bond acceptors (Lipinski definition) is 3. The molecule has 0 rings (SSSR count). The van der Waals surface area contributed by atoms with Gasteiger partial charge in [-0.05, 0) is 19.8 Å². The van der Waals surface area contributed by atoms with Crippen molar-refractivity contribution in [2.24, 2.45) is 11.7 Å². The van der Waals surface area contributed by atoms with Crippen molar-refractivity contribution >= 4 is 5.97 Å². The lowest BCUT2D eigenvalue weighted by molar-refractivity contribution is -0.179. The number of halogens is 3. The standard InChI is InChI=1S/C13H24F3NO2/c1-4-6-7-8-10(11(17)13(14,15)16)12(18)19-9(3)5-2/h9-11H,4-8,17H2,1-3H3/t9?,10-,11-/m0/s1. The highest BCUT2D eigenvalue weighted by atomic mass is 19.4. The number of esters is 1. The molecule has 0 saturated heterocycles. The molecule has 1 unspecified atom stereocenters. The van der Waals surface area contributed by atoms with E-state index in [1.54, 1.807) is 13.8 Å². The summed E-state index contributed by atoms with van der Waals surface area (Å²) in [5, 5.41) is 0. The van der Waals surface area contributed by atoms with Gasteiger partial charge in [0, 0.05) is 0 Å². The zero-order chi connectivity index (χ0) is 15.1. The number of carbonyl (C=O) groups excluding carboxylic acids is 1. The first kappa shape index (κ1) is 18.2. The van der Waals surface area contributed by atoms with Crippen LogP contribution in [0.4, 0.5) is 13.2 Å². The molecule has 114 valence electrons. The van der Waals surface area contributed by atoms with Gasteiger partial charge in [0.1, 0.15) is 6.04 Å². The smallest absolute Gasteiger partial charge is 0.404 e. The number of rotatable bonds is 8. The molecule has 0 radical (unpaired) electrons. The Bertz CT molecular complexity index is 269. The molecule has 3 nitrogen and oxygen atoms in total. The van der Waals surface area contributed by atoms with Crippen LogP contribution in [-0.4, -0.2) is 24.3 Å². The minimum Gasteiger partial charge on any atom is -0.462 e. The fraction of sp³-hybridized carbons (Fsp3) is 0.923. The number of unbranched alkanes of at least 4 members (excludes halogenated alkanes) is 2. The molecule has 0 aliphatic heterocycles. The van der Waals surface area contributed by atoms with E-state index in [1.165, 1.54) is 0 Å². The van der Waals surface area contributed by atoms with Crippen LogP contribution in [0.5, 0.6) is 0 Å². The Morgan fingerprint density at radius 3 is 2.26 bits per heavy atom. The van der Waals surface area contributed by atoms with Crippen molar-refractivity contribution in [3.63, 3.8) is 0 Å². The molecular weight excluding hydrogens is 259 g/mol. The highest BCUT2D eigenvalue weighted by Gasteiger charge is 2.45. The lowest BCUT2D eigenvalue weighted by atomic mass is 9.93. The number of nitrogens with two attached hydrogens (primary N) is 1. The first-order chi connectivity index (χ1) is 8.73. The van der Waals surface area contributed by atoms with Crippen LogP contribution in [-0.2, 0) is 9.53 Å². The summed E-state index contributed by atoms with van der Waals surface area (Å²) in [5.74, 6) is -2.14. The molecule has 6 heteroatoms. The summed E-state index contributed by atoms with van der Waals surface area (Å²) in [6.07, 6.45) is -2.10. The number of alkyl halides is 3. The van der Waals surface area contributed by atoms with Crippen molar-refractivity contribution in [1.82, 2.24) is 0 Å². The van der Waals surface area contributed by atoms with Gasteiger partial charge in [-0.2, -0.15) is 13.2 Å². The van der Waals surface area contributed by atoms with Crippen molar-refractivity contribution in [1.29, 1.82) is 0 Å². The third-order valence-electron chi connectivity index (χ3n) is 3.13. The zero-order valence-corrected chi connectivity index (χ0v) is 11.8. The van der Waals surface area contributed by atoms with E-state index in [-0.39, 0.29) is 12.5 Å². The third-order valence-corrected chi connectivity index (χ3v) is 3.13. The summed E-state index contributed by atoms with van der Waals surface area (Å²) in [5.41, 5.74) is 5.17. The van der Waals surface area contributed by atoms with Crippen molar-refractivity contribution in [2.75, 3.05) is 0 Å². The SMILES string of the molecule is CCCCC[C@H](C(=O)OC(C)CC)[C@H](N)C(F)(F)F. The highest BCUT2D eigenvalue weighted by Crippen LogP contribution is 2.28. The molecule has 0 saturated carbocycles. The molecule has 0 aliphatic rings. The van der Waals surface area contributed by atoms with Crippen LogP contribution in [0.3, 0.4) is 0 Å². The van der Waals surface area contributed by atoms with Gasteiger partial charge in [-0.3, -0.25) is 4.79 Å². The second kappa shape index (κ2) is 8.40. The van der Waals surface area contributed by atoms with E-state index in [1.807, 2.05) is 6.92 Å². The third kappa shape index (κ3) is 6.80. The molecule has 3 atom stereocenters. The minimum atomic E-state index is -4.58. The average Bonchev–Trinajstić information content (AvgIpc) is 2.32. The summed E-state index contributed by atoms with van der Waals surface area (Å²) in [4.78, 5) is 11.8. The number of hydrogen-bond donors (Lipinski definition) is 1. The van der Waals surface area contributed by atoms with Gasteiger partial charge in [0.15, 0.2) is 0 Å². The summed E-state index contributed by atoms with van der Waals surface area (Å²) in [6, 6.07) is -2.15. The van der Waals surface area contributed by atoms with Crippen molar-refractivity contribution < 1.29 is 22.7 Å². The predicted molar refractivity (Wildman–Crippen MR) is 67.5 cm³/mol. The van der Waals surface area contributed by atoms with Gasteiger partial charge < -0.3 is 10.5 Å². The minimum absolute atomic E-state index is 0.115. The maximum atomic E-state index is 12.7. The predicted octanol–water partition coefficient (Wildman–Crippen LogP) is 3.41. The first-order valence-electron chi connectivity index (χ1n) is 6.76. The second-order valence-corrected chi connectivity index (χ2v) is 4.83. The molecule has 2 N–H and O–H groups in total. The average molecular weight is 283 g/mol. The Kier molecular flexibility index (Phi) is 8.06. The van der Waals surface area contributed by atoms with E-state index < -0.39 is 24.1 Å². The number of carbonyl (C=O) groups is 1. The molecule has 0 aromatic heterocycles. The van der Waals surface area contributed by atoms with E-state index in [0.717, 1.165) is 12.8 Å². The molecule has 0 fully saturated rings. The van der Waals surface area contributed by atoms with Gasteiger partial charge in [-0.1, -0.05) is 33.1 Å². The van der Waals surface area contributed by atoms with Gasteiger partial charge in [0.2, 0.25) is 0 Å². The van der Waals surface area contributed by atoms with Crippen LogP contribution in [0.2, 0.25) is 0 Å². The zero-order valence-electron chi connectivity index (χ0n) is 11.8. The molecule has 0 aromatic rings. The highest BCUT2D eigenvalue weighted by molar-refractivity contribution is 5.73. The molecule has 0 heterocycles. The fourth-order valence-corrected chi connectivity index (χ4v) is 1.66. The Morgan fingerprint density at radius 1 is 1.26 bits per heavy atom. The Morgan fingerprint density at radius 2 is 1.84 bits per heavy atom. The van der Waals surface area contributed by atoms with E-state index in [0.29, 0.717) is 12.8 Å². The Labute approximate surface area is 112 Å². The van der Waals surface area contributed by atoms with Crippen LogP contribution in [0.1, 0.15) is 52.9 Å². The molecule has 0 amide bonds. The summed E-state index contributed by atoms with van der Waals surface area (Å²) in [7, 11) is 0.